The zero-order valence-corrected chi connectivity index (χ0v) is 19.0. The van der Waals surface area contributed by atoms with Crippen molar-refractivity contribution in [2.75, 3.05) is 31.1 Å². The number of carbonyl (C=O) groups is 1. The third kappa shape index (κ3) is 4.98. The Morgan fingerprint density at radius 2 is 1.88 bits per heavy atom. The summed E-state index contributed by atoms with van der Waals surface area (Å²) in [6.07, 6.45) is 3.84. The van der Waals surface area contributed by atoms with Gasteiger partial charge in [-0.2, -0.15) is 0 Å². The molecule has 0 radical (unpaired) electrons. The molecule has 1 fully saturated rings. The van der Waals surface area contributed by atoms with E-state index >= 15 is 0 Å². The van der Waals surface area contributed by atoms with Crippen molar-refractivity contribution in [1.82, 2.24) is 19.9 Å². The summed E-state index contributed by atoms with van der Waals surface area (Å²) < 4.78 is 13.5. The fourth-order valence-corrected chi connectivity index (χ4v) is 4.11. The molecule has 0 bridgehead atoms. The number of carbonyl (C=O) groups excluding carboxylic acids is 1. The molecule has 4 rings (SSSR count). The van der Waals surface area contributed by atoms with Crippen molar-refractivity contribution in [1.29, 1.82) is 0 Å². The van der Waals surface area contributed by atoms with Crippen molar-refractivity contribution in [3.63, 3.8) is 0 Å². The van der Waals surface area contributed by atoms with Gasteiger partial charge in [0.2, 0.25) is 5.91 Å². The Kier molecular flexibility index (Phi) is 6.53. The fourth-order valence-electron chi connectivity index (χ4n) is 4.11. The maximum absolute atomic E-state index is 13.5. The van der Waals surface area contributed by atoms with E-state index in [1.165, 1.54) is 11.6 Å². The van der Waals surface area contributed by atoms with Crippen LogP contribution in [-0.2, 0) is 11.2 Å². The predicted octanol–water partition coefficient (Wildman–Crippen LogP) is 4.21. The maximum Gasteiger partial charge on any atom is 0.222 e. The average Bonchev–Trinajstić information content (AvgIpc) is 3.16. The molecule has 1 saturated heterocycles. The Morgan fingerprint density at radius 3 is 2.59 bits per heavy atom. The Labute approximate surface area is 188 Å². The van der Waals surface area contributed by atoms with Gasteiger partial charge >= 0.3 is 0 Å². The van der Waals surface area contributed by atoms with Crippen LogP contribution in [0.4, 0.5) is 10.2 Å². The number of aryl methyl sites for hydroxylation is 4. The number of nitrogens with zero attached hydrogens (tertiary/aromatic N) is 4. The van der Waals surface area contributed by atoms with Gasteiger partial charge in [0, 0.05) is 50.1 Å². The molecule has 0 spiro atoms. The van der Waals surface area contributed by atoms with Crippen molar-refractivity contribution in [2.24, 2.45) is 0 Å². The first-order valence-corrected chi connectivity index (χ1v) is 11.2. The van der Waals surface area contributed by atoms with Gasteiger partial charge in [-0.15, -0.1) is 0 Å². The van der Waals surface area contributed by atoms with E-state index in [2.05, 4.69) is 27.9 Å². The van der Waals surface area contributed by atoms with Crippen LogP contribution < -0.4 is 4.90 Å². The second kappa shape index (κ2) is 9.51. The van der Waals surface area contributed by atoms with Gasteiger partial charge in [0.1, 0.15) is 17.5 Å². The maximum atomic E-state index is 13.5. The van der Waals surface area contributed by atoms with Gasteiger partial charge in [-0.25, -0.2) is 14.4 Å². The Morgan fingerprint density at radius 1 is 1.09 bits per heavy atom. The van der Waals surface area contributed by atoms with Gasteiger partial charge in [-0.05, 0) is 75.1 Å². The van der Waals surface area contributed by atoms with E-state index in [1.807, 2.05) is 24.1 Å². The molecular formula is C25H30FN5O. The number of pyridine rings is 1. The van der Waals surface area contributed by atoms with Crippen molar-refractivity contribution >= 4 is 11.7 Å². The number of piperazine rings is 1. The third-order valence-electron chi connectivity index (χ3n) is 6.08. The summed E-state index contributed by atoms with van der Waals surface area (Å²) in [7, 11) is 0. The smallest absolute Gasteiger partial charge is 0.222 e. The number of H-pyrrole nitrogens is 1. The molecule has 7 heteroatoms. The summed E-state index contributed by atoms with van der Waals surface area (Å²) in [6, 6.07) is 9.08. The SMILES string of the molecule is Cc1ccnc(N2CCN(C(=O)CCCc3nc(-c4ccc(F)c(C)c4)[nH]c3C)CC2)c1. The molecular weight excluding hydrogens is 405 g/mol. The van der Waals surface area contributed by atoms with Gasteiger partial charge in [0.05, 0.1) is 5.69 Å². The highest BCUT2D eigenvalue weighted by Crippen LogP contribution is 2.22. The Bertz CT molecular complexity index is 1100. The summed E-state index contributed by atoms with van der Waals surface area (Å²) in [5.74, 6) is 1.71. The molecule has 32 heavy (non-hydrogen) atoms. The minimum atomic E-state index is -0.216. The van der Waals surface area contributed by atoms with Crippen molar-refractivity contribution in [3.05, 3.63) is 64.9 Å². The van der Waals surface area contributed by atoms with Crippen LogP contribution in [0.15, 0.2) is 36.5 Å². The fraction of sp³-hybridized carbons (Fsp3) is 0.400. The van der Waals surface area contributed by atoms with E-state index in [1.54, 1.807) is 19.1 Å². The standard InChI is InChI=1S/C25H30FN5O/c1-17-9-10-27-23(15-17)30-11-13-31(14-12-30)24(32)6-4-5-22-19(3)28-25(29-22)20-7-8-21(26)18(2)16-20/h7-10,15-16H,4-6,11-14H2,1-3H3,(H,28,29). The van der Waals surface area contributed by atoms with Crippen molar-refractivity contribution < 1.29 is 9.18 Å². The van der Waals surface area contributed by atoms with Gasteiger partial charge in [0.15, 0.2) is 0 Å². The van der Waals surface area contributed by atoms with Gasteiger partial charge < -0.3 is 14.8 Å². The van der Waals surface area contributed by atoms with E-state index in [9.17, 15) is 9.18 Å². The number of aromatic amines is 1. The Balaban J connectivity index is 1.27. The van der Waals surface area contributed by atoms with Crippen LogP contribution in [0, 0.1) is 26.6 Å². The van der Waals surface area contributed by atoms with E-state index in [0.29, 0.717) is 12.0 Å². The highest BCUT2D eigenvalue weighted by molar-refractivity contribution is 5.76. The van der Waals surface area contributed by atoms with Crippen LogP contribution in [-0.4, -0.2) is 51.9 Å². The van der Waals surface area contributed by atoms with Crippen LogP contribution in [0.1, 0.15) is 35.4 Å². The number of hydrogen-bond donors (Lipinski definition) is 1. The first-order chi connectivity index (χ1) is 15.4. The normalized spacial score (nSPS) is 14.1. The third-order valence-corrected chi connectivity index (χ3v) is 6.08. The van der Waals surface area contributed by atoms with Gasteiger partial charge in [0.25, 0.3) is 0 Å². The monoisotopic (exact) mass is 435 g/mol. The largest absolute Gasteiger partial charge is 0.353 e. The molecule has 0 atom stereocenters. The molecule has 1 aliphatic heterocycles. The highest BCUT2D eigenvalue weighted by Gasteiger charge is 2.22. The van der Waals surface area contributed by atoms with Crippen LogP contribution in [0.25, 0.3) is 11.4 Å². The summed E-state index contributed by atoms with van der Waals surface area (Å²) in [5, 5.41) is 0. The molecule has 1 aromatic carbocycles. The zero-order chi connectivity index (χ0) is 22.7. The molecule has 1 aliphatic rings. The second-order valence-electron chi connectivity index (χ2n) is 8.53. The molecule has 0 saturated carbocycles. The molecule has 3 heterocycles. The summed E-state index contributed by atoms with van der Waals surface area (Å²) in [4.78, 5) is 29.3. The van der Waals surface area contributed by atoms with Crippen molar-refractivity contribution in [2.45, 2.75) is 40.0 Å². The first-order valence-electron chi connectivity index (χ1n) is 11.2. The molecule has 0 aliphatic carbocycles. The van der Waals surface area contributed by atoms with Crippen molar-refractivity contribution in [3.8, 4) is 11.4 Å². The number of nitrogens with one attached hydrogen (secondary N) is 1. The number of amides is 1. The minimum absolute atomic E-state index is 0.199. The number of halogens is 1. The van der Waals surface area contributed by atoms with Gasteiger partial charge in [-0.3, -0.25) is 4.79 Å². The molecule has 3 aromatic rings. The molecule has 6 nitrogen and oxygen atoms in total. The van der Waals surface area contributed by atoms with E-state index < -0.39 is 0 Å². The number of benzene rings is 1. The highest BCUT2D eigenvalue weighted by atomic mass is 19.1. The topological polar surface area (TPSA) is 65.1 Å². The van der Waals surface area contributed by atoms with E-state index in [4.69, 9.17) is 4.98 Å². The molecule has 0 unspecified atom stereocenters. The molecule has 168 valence electrons. The van der Waals surface area contributed by atoms with E-state index in [-0.39, 0.29) is 11.7 Å². The van der Waals surface area contributed by atoms with Crippen LogP contribution in [0.3, 0.4) is 0 Å². The second-order valence-corrected chi connectivity index (χ2v) is 8.53. The quantitative estimate of drug-likeness (QED) is 0.630. The summed E-state index contributed by atoms with van der Waals surface area (Å²) in [6.45, 7) is 8.87. The van der Waals surface area contributed by atoms with Crippen LogP contribution in [0.2, 0.25) is 0 Å². The number of rotatable bonds is 6. The lowest BCUT2D eigenvalue weighted by Gasteiger charge is -2.35. The van der Waals surface area contributed by atoms with Crippen LogP contribution in [0.5, 0.6) is 0 Å². The van der Waals surface area contributed by atoms with Gasteiger partial charge in [-0.1, -0.05) is 0 Å². The number of aromatic nitrogens is 3. The minimum Gasteiger partial charge on any atom is -0.353 e. The Hall–Kier alpha value is -3.22. The average molecular weight is 436 g/mol. The van der Waals surface area contributed by atoms with Crippen LogP contribution >= 0.6 is 0 Å². The summed E-state index contributed by atoms with van der Waals surface area (Å²) >= 11 is 0. The lowest BCUT2D eigenvalue weighted by Crippen LogP contribution is -2.49. The first kappa shape index (κ1) is 22.0. The number of anilines is 1. The molecule has 1 amide bonds. The summed E-state index contributed by atoms with van der Waals surface area (Å²) in [5.41, 5.74) is 4.62. The number of imidazole rings is 1. The number of hydrogen-bond acceptors (Lipinski definition) is 4. The van der Waals surface area contributed by atoms with E-state index in [0.717, 1.165) is 67.6 Å². The zero-order valence-electron chi connectivity index (χ0n) is 19.0. The molecule has 1 N–H and O–H groups in total. The lowest BCUT2D eigenvalue weighted by molar-refractivity contribution is -0.131. The molecule has 2 aromatic heterocycles. The predicted molar refractivity (Wildman–Crippen MR) is 124 cm³/mol. The lowest BCUT2D eigenvalue weighted by atomic mass is 10.1.